The Morgan fingerprint density at radius 2 is 0.623 bits per heavy atom. The molecule has 26 rings (SSSR count). The molecule has 26 aromatic rings. The molecule has 0 aliphatic carbocycles. The molecule has 0 atom stereocenters. The molecule has 0 fully saturated rings. The summed E-state index contributed by atoms with van der Waals surface area (Å²) < 4.78 is 12.3. The molecule has 0 spiro atoms. The van der Waals surface area contributed by atoms with Crippen LogP contribution in [-0.4, -0.2) is 118 Å². The first-order valence-electron chi connectivity index (χ1n) is 44.3. The summed E-state index contributed by atoms with van der Waals surface area (Å²) in [6, 6.07) is 118. The Balaban J connectivity index is 0.000000104. The van der Waals surface area contributed by atoms with Crippen LogP contribution in [0.15, 0.2) is 443 Å². The summed E-state index contributed by atoms with van der Waals surface area (Å²) in [7, 11) is 0. The van der Waals surface area contributed by atoms with Crippen LogP contribution >= 0.6 is 0 Å². The molecule has 0 bridgehead atoms. The number of pyridine rings is 5. The Labute approximate surface area is 787 Å². The van der Waals surface area contributed by atoms with Gasteiger partial charge in [0.2, 0.25) is 23.3 Å². The minimum atomic E-state index is 0.306. The van der Waals surface area contributed by atoms with Gasteiger partial charge in [-0.05, 0) is 220 Å². The van der Waals surface area contributed by atoms with Crippen molar-refractivity contribution in [2.24, 2.45) is 0 Å². The molecule has 138 heavy (non-hydrogen) atoms. The van der Waals surface area contributed by atoms with E-state index in [9.17, 15) is 0 Å². The first-order chi connectivity index (χ1) is 68.4. The van der Waals surface area contributed by atoms with E-state index in [2.05, 4.69) is 249 Å². The van der Waals surface area contributed by atoms with Crippen LogP contribution in [0.25, 0.3) is 231 Å². The number of aromatic nitrogens is 24. The van der Waals surface area contributed by atoms with Crippen molar-refractivity contribution < 1.29 is 4.42 Å². The lowest BCUT2D eigenvalue weighted by atomic mass is 9.94. The number of hydrogen-bond donors (Lipinski definition) is 0. The van der Waals surface area contributed by atoms with Crippen molar-refractivity contribution in [1.29, 1.82) is 0 Å². The number of nitrogens with zero attached hydrogens (tertiary/aromatic N) is 24. The van der Waals surface area contributed by atoms with Gasteiger partial charge in [-0.2, -0.15) is 0 Å². The van der Waals surface area contributed by atoms with Crippen molar-refractivity contribution in [3.05, 3.63) is 439 Å². The summed E-state index contributed by atoms with van der Waals surface area (Å²) in [5, 5.41) is 7.01. The van der Waals surface area contributed by atoms with Crippen LogP contribution in [0.2, 0.25) is 0 Å². The third kappa shape index (κ3) is 16.8. The first kappa shape index (κ1) is 82.7. The quantitative estimate of drug-likeness (QED) is 0.0861. The minimum absolute atomic E-state index is 0.306. The zero-order valence-corrected chi connectivity index (χ0v) is 73.2. The molecule has 12 aromatic carbocycles. The molecule has 0 amide bonds. The van der Waals surface area contributed by atoms with E-state index < -0.39 is 0 Å². The van der Waals surface area contributed by atoms with E-state index in [0.29, 0.717) is 69.7 Å². The molecule has 0 aliphatic heterocycles. The van der Waals surface area contributed by atoms with E-state index in [1.807, 2.05) is 199 Å². The number of oxazole rings is 1. The highest BCUT2D eigenvalue weighted by atomic mass is 16.3. The van der Waals surface area contributed by atoms with Crippen molar-refractivity contribution in [2.45, 2.75) is 0 Å². The molecule has 0 radical (unpaired) electrons. The van der Waals surface area contributed by atoms with E-state index in [4.69, 9.17) is 39.3 Å². The van der Waals surface area contributed by atoms with E-state index in [1.54, 1.807) is 74.1 Å². The molecule has 0 saturated heterocycles. The molecule has 25 nitrogen and oxygen atoms in total. The van der Waals surface area contributed by atoms with Crippen molar-refractivity contribution in [2.75, 3.05) is 0 Å². The Bertz CT molecular complexity index is 8740. The van der Waals surface area contributed by atoms with E-state index in [1.165, 1.54) is 16.2 Å². The van der Waals surface area contributed by atoms with Crippen LogP contribution < -0.4 is 0 Å². The number of para-hydroxylation sites is 11. The van der Waals surface area contributed by atoms with Crippen molar-refractivity contribution >= 4 is 76.5 Å². The molecule has 650 valence electrons. The van der Waals surface area contributed by atoms with Crippen molar-refractivity contribution in [3.63, 3.8) is 0 Å². The third-order valence-corrected chi connectivity index (χ3v) is 23.2. The molecule has 0 saturated carbocycles. The van der Waals surface area contributed by atoms with Gasteiger partial charge in [-0.15, -0.1) is 0 Å². The zero-order valence-electron chi connectivity index (χ0n) is 73.2. The highest BCUT2D eigenvalue weighted by molar-refractivity contribution is 6.14. The molecule has 0 unspecified atom stereocenters. The summed E-state index contributed by atoms with van der Waals surface area (Å²) in [5.74, 6) is 6.33. The van der Waals surface area contributed by atoms with Gasteiger partial charge in [-0.1, -0.05) is 176 Å². The fraction of sp³-hybridized carbons (Fsp3) is 0. The van der Waals surface area contributed by atoms with Gasteiger partial charge >= 0.3 is 0 Å². The summed E-state index contributed by atoms with van der Waals surface area (Å²) in [4.78, 5) is 96.1. The van der Waals surface area contributed by atoms with Crippen molar-refractivity contribution in [3.8, 4) is 154 Å². The van der Waals surface area contributed by atoms with Crippen LogP contribution in [0, 0.1) is 0 Å². The van der Waals surface area contributed by atoms with Gasteiger partial charge in [0.25, 0.3) is 5.89 Å². The fourth-order valence-corrected chi connectivity index (χ4v) is 16.9. The van der Waals surface area contributed by atoms with Gasteiger partial charge in [0, 0.05) is 143 Å². The summed E-state index contributed by atoms with van der Waals surface area (Å²) in [6.07, 6.45) is 24.5. The molecule has 14 heterocycles. The maximum absolute atomic E-state index is 5.82. The van der Waals surface area contributed by atoms with Gasteiger partial charge < -0.3 is 4.42 Å². The summed E-state index contributed by atoms with van der Waals surface area (Å²) >= 11 is 0. The average molecular weight is 1780 g/mol. The topological polar surface area (TPSA) is 299 Å². The lowest BCUT2D eigenvalue weighted by molar-refractivity contribution is 0.612. The maximum atomic E-state index is 5.82. The lowest BCUT2D eigenvalue weighted by Crippen LogP contribution is -2.06. The van der Waals surface area contributed by atoms with Gasteiger partial charge in [0.1, 0.15) is 17.0 Å². The molecule has 0 aliphatic rings. The lowest BCUT2D eigenvalue weighted by Gasteiger charge is -2.14. The van der Waals surface area contributed by atoms with Gasteiger partial charge in [0.05, 0.1) is 38.8 Å². The second-order valence-electron chi connectivity index (χ2n) is 31.9. The molecular weight excluding hydrogens is 1710 g/mol. The Morgan fingerprint density at radius 1 is 0.196 bits per heavy atom. The molecule has 0 N–H and O–H groups in total. The highest BCUT2D eigenvalue weighted by Crippen LogP contribution is 2.42. The largest absolute Gasteiger partial charge is 0.434 e. The molecular formula is C113H72N24O. The highest BCUT2D eigenvalue weighted by Gasteiger charge is 2.26. The first-order valence-corrected chi connectivity index (χ1v) is 44.3. The summed E-state index contributed by atoms with van der Waals surface area (Å²) in [5.41, 5.74) is 20.7. The second-order valence-corrected chi connectivity index (χ2v) is 31.9. The van der Waals surface area contributed by atoms with E-state index >= 15 is 0 Å². The molecule has 14 aromatic heterocycles. The standard InChI is InChI=1S/C36H23N5.C33H22N4.C25H16N8.C19H11N7O/c1-2-13-26(14-3-1)41-34-19-9-8-18-31(34)40-36(41)33-22-32(38-35(39-33)25-12-10-20-37-23-25)30-21-24-11-4-5-15-27(24)28-16-6-7-17-29(28)30;1-2-10-28(11-3-1)37-32-14-5-4-13-31(32)36-33(37)27-19-25(24-9-7-16-34-21-24)18-26(20-27)29-12-6-8-23-15-17-35-22-30(23)29;1-2-9-18(10-3-1)33-20-12-5-4-11-19(20)29-25(33)24-31-21(17-8-6-13-26-16-17)30-23(32-24)22-27-14-7-15-28-22;1-2-7-14-13(6-1)23-19(27-14)18-25-15(12-5-3-8-20-11-12)24-17(26-18)16-21-9-4-10-22-16/h1-23H;1-22H;1-16H;1-11H. The van der Waals surface area contributed by atoms with Crippen LogP contribution in [0.5, 0.6) is 0 Å². The number of hydrogen-bond acceptors (Lipinski definition) is 22. The van der Waals surface area contributed by atoms with Gasteiger partial charge in [-0.25, -0.2) is 79.7 Å². The van der Waals surface area contributed by atoms with Crippen LogP contribution in [0.1, 0.15) is 0 Å². The van der Waals surface area contributed by atoms with Gasteiger partial charge in [-0.3, -0.25) is 38.6 Å². The zero-order chi connectivity index (χ0) is 91.9. The SMILES string of the molecule is c1ccc(-n2c(-c3cc(-c4cc5ccccc5c5ccccc45)nc(-c4cccnc4)n3)nc3ccccc32)cc1.c1ccc(-n2c(-c3cc(-c4cccnc4)cc(-c4cccc5ccncc45)c3)nc3ccccc32)cc1.c1ccc(-n2c(-c3nc(-c4cccnc4)nc(-c4ncccn4)n3)nc3ccccc32)cc1.c1cnc(-c2nc(-c3cccnc3)nc(-c3nc4ccccc4o3)n2)nc1. The number of rotatable bonds is 15. The predicted octanol–water partition coefficient (Wildman–Crippen LogP) is 24.1. The van der Waals surface area contributed by atoms with Crippen LogP contribution in [-0.2, 0) is 0 Å². The number of fused-ring (bicyclic) bond motifs is 8. The average Bonchev–Trinajstić information content (AvgIpc) is 0.965. The van der Waals surface area contributed by atoms with Crippen LogP contribution in [0.3, 0.4) is 0 Å². The monoisotopic (exact) mass is 1780 g/mol. The Hall–Kier alpha value is -19.7. The predicted molar refractivity (Wildman–Crippen MR) is 537 cm³/mol. The van der Waals surface area contributed by atoms with Gasteiger partial charge in [0.15, 0.2) is 46.4 Å². The van der Waals surface area contributed by atoms with E-state index in [-0.39, 0.29) is 0 Å². The number of benzene rings is 12. The minimum Gasteiger partial charge on any atom is -0.434 e. The molecule has 25 heteroatoms. The normalized spacial score (nSPS) is 11.2. The fourth-order valence-electron chi connectivity index (χ4n) is 16.9. The van der Waals surface area contributed by atoms with E-state index in [0.717, 1.165) is 145 Å². The second kappa shape index (κ2) is 37.3. The van der Waals surface area contributed by atoms with Crippen LogP contribution in [0.4, 0.5) is 0 Å². The van der Waals surface area contributed by atoms with Crippen molar-refractivity contribution in [1.82, 2.24) is 118 Å². The third-order valence-electron chi connectivity index (χ3n) is 23.2. The maximum Gasteiger partial charge on any atom is 0.266 e. The Morgan fingerprint density at radius 3 is 1.20 bits per heavy atom. The Kier molecular flexibility index (Phi) is 22.3. The summed E-state index contributed by atoms with van der Waals surface area (Å²) in [6.45, 7) is 0. The number of imidazole rings is 3. The smallest absolute Gasteiger partial charge is 0.266 e.